The highest BCUT2D eigenvalue weighted by molar-refractivity contribution is 6.32. The molecule has 0 atom stereocenters. The van der Waals surface area contributed by atoms with Gasteiger partial charge in [0.2, 0.25) is 0 Å². The molecule has 0 fully saturated rings. The number of aromatic nitrogens is 2. The molecule has 2 heterocycles. The second-order valence-corrected chi connectivity index (χ2v) is 5.17. The molecule has 110 valence electrons. The second kappa shape index (κ2) is 5.29. The van der Waals surface area contributed by atoms with Crippen molar-refractivity contribution in [2.75, 3.05) is 18.5 Å². The van der Waals surface area contributed by atoms with Crippen LogP contribution in [0.2, 0.25) is 5.02 Å². The van der Waals surface area contributed by atoms with Crippen LogP contribution in [0.4, 0.5) is 5.82 Å². The van der Waals surface area contributed by atoms with Gasteiger partial charge in [-0.1, -0.05) is 11.6 Å². The Hall–Kier alpha value is -2.21. The van der Waals surface area contributed by atoms with Crippen molar-refractivity contribution in [1.29, 1.82) is 0 Å². The van der Waals surface area contributed by atoms with E-state index in [9.17, 15) is 4.79 Å². The van der Waals surface area contributed by atoms with Crippen LogP contribution in [0.1, 0.15) is 21.6 Å². The summed E-state index contributed by atoms with van der Waals surface area (Å²) in [7, 11) is 0. The number of amides is 1. The minimum Gasteiger partial charge on any atom is -0.486 e. The van der Waals surface area contributed by atoms with Crippen molar-refractivity contribution >= 4 is 23.3 Å². The fourth-order valence-electron chi connectivity index (χ4n) is 2.03. The van der Waals surface area contributed by atoms with Gasteiger partial charge in [0.05, 0.1) is 5.02 Å². The molecule has 1 amide bonds. The van der Waals surface area contributed by atoms with Crippen LogP contribution in [-0.4, -0.2) is 29.3 Å². The molecule has 1 aromatic heterocycles. The molecular formula is C14H14ClN3O3. The van der Waals surface area contributed by atoms with E-state index in [-0.39, 0.29) is 5.91 Å². The topological polar surface area (TPSA) is 76.2 Å². The molecule has 6 nitrogen and oxygen atoms in total. The van der Waals surface area contributed by atoms with Crippen molar-refractivity contribution in [1.82, 2.24) is 10.2 Å². The molecule has 0 unspecified atom stereocenters. The standard InChI is InChI=1S/C14H14ClN3O3/c1-7-8(2)17-18-13(7)16-14(19)9-5-10(15)12-11(6-9)20-3-4-21-12/h5-6H,3-4H2,1-2H3,(H2,16,17,18,19). The third-order valence-electron chi connectivity index (χ3n) is 3.34. The normalized spacial score (nSPS) is 13.1. The highest BCUT2D eigenvalue weighted by atomic mass is 35.5. The van der Waals surface area contributed by atoms with Crippen LogP contribution in [0.25, 0.3) is 0 Å². The molecule has 1 aliphatic heterocycles. The SMILES string of the molecule is Cc1[nH]nc(NC(=O)c2cc(Cl)c3c(c2)OCCO3)c1C. The van der Waals surface area contributed by atoms with E-state index < -0.39 is 0 Å². The molecule has 0 bridgehead atoms. The first-order valence-corrected chi connectivity index (χ1v) is 6.86. The summed E-state index contributed by atoms with van der Waals surface area (Å²) >= 11 is 6.12. The van der Waals surface area contributed by atoms with E-state index in [1.165, 1.54) is 0 Å². The van der Waals surface area contributed by atoms with Gasteiger partial charge in [0, 0.05) is 16.8 Å². The third-order valence-corrected chi connectivity index (χ3v) is 3.62. The van der Waals surface area contributed by atoms with Crippen molar-refractivity contribution in [2.45, 2.75) is 13.8 Å². The van der Waals surface area contributed by atoms with Gasteiger partial charge in [0.25, 0.3) is 5.91 Å². The summed E-state index contributed by atoms with van der Waals surface area (Å²) in [6.45, 7) is 4.65. The Morgan fingerprint density at radius 3 is 2.81 bits per heavy atom. The van der Waals surface area contributed by atoms with Gasteiger partial charge in [-0.25, -0.2) is 0 Å². The number of ether oxygens (including phenoxy) is 2. The predicted molar refractivity (Wildman–Crippen MR) is 78.5 cm³/mol. The van der Waals surface area contributed by atoms with Gasteiger partial charge in [0.1, 0.15) is 13.2 Å². The van der Waals surface area contributed by atoms with Crippen LogP contribution < -0.4 is 14.8 Å². The predicted octanol–water partition coefficient (Wildman–Crippen LogP) is 2.70. The van der Waals surface area contributed by atoms with Crippen LogP contribution in [0.5, 0.6) is 11.5 Å². The van der Waals surface area contributed by atoms with Crippen LogP contribution in [0.3, 0.4) is 0 Å². The average Bonchev–Trinajstić information content (AvgIpc) is 2.79. The van der Waals surface area contributed by atoms with Crippen molar-refractivity contribution in [3.63, 3.8) is 0 Å². The summed E-state index contributed by atoms with van der Waals surface area (Å²) < 4.78 is 10.9. The van der Waals surface area contributed by atoms with Gasteiger partial charge in [0.15, 0.2) is 17.3 Å². The van der Waals surface area contributed by atoms with Crippen LogP contribution in [0.15, 0.2) is 12.1 Å². The number of nitrogens with zero attached hydrogens (tertiary/aromatic N) is 1. The smallest absolute Gasteiger partial charge is 0.257 e. The van der Waals surface area contributed by atoms with Crippen molar-refractivity contribution in [2.24, 2.45) is 0 Å². The summed E-state index contributed by atoms with van der Waals surface area (Å²) in [5, 5.41) is 9.96. The zero-order chi connectivity index (χ0) is 15.0. The number of hydrogen-bond acceptors (Lipinski definition) is 4. The van der Waals surface area contributed by atoms with E-state index >= 15 is 0 Å². The number of rotatable bonds is 2. The molecule has 0 saturated heterocycles. The average molecular weight is 308 g/mol. The van der Waals surface area contributed by atoms with E-state index in [0.717, 1.165) is 11.3 Å². The lowest BCUT2D eigenvalue weighted by Crippen LogP contribution is -2.18. The Labute approximate surface area is 126 Å². The van der Waals surface area contributed by atoms with Gasteiger partial charge >= 0.3 is 0 Å². The summed E-state index contributed by atoms with van der Waals surface area (Å²) in [4.78, 5) is 12.3. The highest BCUT2D eigenvalue weighted by Gasteiger charge is 2.20. The van der Waals surface area contributed by atoms with Gasteiger partial charge in [-0.2, -0.15) is 5.10 Å². The minimum absolute atomic E-state index is 0.302. The number of halogens is 1. The van der Waals surface area contributed by atoms with Crippen molar-refractivity contribution in [3.8, 4) is 11.5 Å². The molecule has 0 aliphatic carbocycles. The van der Waals surface area contributed by atoms with Crippen molar-refractivity contribution < 1.29 is 14.3 Å². The minimum atomic E-state index is -0.302. The fourth-order valence-corrected chi connectivity index (χ4v) is 2.29. The quantitative estimate of drug-likeness (QED) is 0.894. The van der Waals surface area contributed by atoms with Crippen LogP contribution in [0, 0.1) is 13.8 Å². The molecule has 1 aliphatic rings. The largest absolute Gasteiger partial charge is 0.486 e. The molecular weight excluding hydrogens is 294 g/mol. The summed E-state index contributed by atoms with van der Waals surface area (Å²) in [6.07, 6.45) is 0. The maximum Gasteiger partial charge on any atom is 0.257 e. The molecule has 2 aromatic rings. The molecule has 2 N–H and O–H groups in total. The number of hydrogen-bond donors (Lipinski definition) is 2. The Kier molecular flexibility index (Phi) is 3.47. The number of aryl methyl sites for hydroxylation is 1. The Morgan fingerprint density at radius 1 is 1.33 bits per heavy atom. The van der Waals surface area contributed by atoms with Crippen molar-refractivity contribution in [3.05, 3.63) is 34.0 Å². The molecule has 0 radical (unpaired) electrons. The monoisotopic (exact) mass is 307 g/mol. The number of anilines is 1. The third kappa shape index (κ3) is 2.54. The number of benzene rings is 1. The number of carbonyl (C=O) groups excluding carboxylic acids is 1. The molecule has 7 heteroatoms. The van der Waals surface area contributed by atoms with E-state index in [1.54, 1.807) is 12.1 Å². The zero-order valence-corrected chi connectivity index (χ0v) is 12.4. The number of carbonyl (C=O) groups is 1. The number of aromatic amines is 1. The second-order valence-electron chi connectivity index (χ2n) is 4.76. The molecule has 1 aromatic carbocycles. The zero-order valence-electron chi connectivity index (χ0n) is 11.6. The lowest BCUT2D eigenvalue weighted by atomic mass is 10.1. The summed E-state index contributed by atoms with van der Waals surface area (Å²) in [6, 6.07) is 3.17. The lowest BCUT2D eigenvalue weighted by molar-refractivity contribution is 0.102. The first-order chi connectivity index (χ1) is 10.1. The first-order valence-electron chi connectivity index (χ1n) is 6.48. The van der Waals surface area contributed by atoms with Crippen LogP contribution >= 0.6 is 11.6 Å². The summed E-state index contributed by atoms with van der Waals surface area (Å²) in [5.41, 5.74) is 2.20. The summed E-state index contributed by atoms with van der Waals surface area (Å²) in [5.74, 6) is 1.16. The van der Waals surface area contributed by atoms with Gasteiger partial charge in [-0.15, -0.1) is 0 Å². The Morgan fingerprint density at radius 2 is 2.10 bits per heavy atom. The van der Waals surface area contributed by atoms with E-state index in [1.807, 2.05) is 13.8 Å². The maximum atomic E-state index is 12.3. The maximum absolute atomic E-state index is 12.3. The number of nitrogens with one attached hydrogen (secondary N) is 2. The van der Waals surface area contributed by atoms with E-state index in [0.29, 0.717) is 41.1 Å². The molecule has 0 saturated carbocycles. The van der Waals surface area contributed by atoms with Gasteiger partial charge in [-0.05, 0) is 26.0 Å². The Balaban J connectivity index is 1.88. The van der Waals surface area contributed by atoms with Crippen LogP contribution in [-0.2, 0) is 0 Å². The highest BCUT2D eigenvalue weighted by Crippen LogP contribution is 2.38. The van der Waals surface area contributed by atoms with Gasteiger partial charge < -0.3 is 14.8 Å². The fraction of sp³-hybridized carbons (Fsp3) is 0.286. The lowest BCUT2D eigenvalue weighted by Gasteiger charge is -2.20. The number of fused-ring (bicyclic) bond motifs is 1. The molecule has 0 spiro atoms. The molecule has 21 heavy (non-hydrogen) atoms. The molecule has 3 rings (SSSR count). The van der Waals surface area contributed by atoms with E-state index in [4.69, 9.17) is 21.1 Å². The van der Waals surface area contributed by atoms with E-state index in [2.05, 4.69) is 15.5 Å². The number of H-pyrrole nitrogens is 1. The first kappa shape index (κ1) is 13.8. The van der Waals surface area contributed by atoms with Gasteiger partial charge in [-0.3, -0.25) is 9.89 Å². The Bertz CT molecular complexity index is 712.